The van der Waals surface area contributed by atoms with E-state index in [4.69, 9.17) is 28.9 Å². The lowest BCUT2D eigenvalue weighted by atomic mass is 10.1. The van der Waals surface area contributed by atoms with E-state index in [2.05, 4.69) is 16.8 Å². The van der Waals surface area contributed by atoms with E-state index in [0.29, 0.717) is 12.6 Å². The lowest BCUT2D eigenvalue weighted by molar-refractivity contribution is 0.0881. The zero-order valence-electron chi connectivity index (χ0n) is 10.6. The first-order valence-electron chi connectivity index (χ1n) is 6.16. The first-order chi connectivity index (χ1) is 8.60. The molecule has 2 N–H and O–H groups in total. The second kappa shape index (κ2) is 6.22. The third-order valence-electron chi connectivity index (χ3n) is 3.46. The monoisotopic (exact) mass is 287 g/mol. The normalized spacial score (nSPS) is 22.3. The Hall–Kier alpha value is -0.320. The molecule has 2 rings (SSSR count). The molecule has 0 spiro atoms. The molecule has 0 aromatic heterocycles. The molecular weight excluding hydrogens is 269 g/mol. The fraction of sp³-hybridized carbons (Fsp3) is 0.538. The Balaban J connectivity index is 2.10. The molecule has 0 radical (unpaired) electrons. The number of rotatable bonds is 3. The van der Waals surface area contributed by atoms with Gasteiger partial charge in [0.1, 0.15) is 0 Å². The molecule has 0 amide bonds. The average molecular weight is 288 g/mol. The minimum Gasteiger partial charge on any atom is -0.329 e. The fourth-order valence-electron chi connectivity index (χ4n) is 2.36. The molecule has 18 heavy (non-hydrogen) atoms. The van der Waals surface area contributed by atoms with Crippen LogP contribution in [0.2, 0.25) is 10.0 Å². The smallest absolute Gasteiger partial charge is 0.0452 e. The molecule has 1 aliphatic heterocycles. The Bertz CT molecular complexity index is 411. The highest BCUT2D eigenvalue weighted by Crippen LogP contribution is 2.23. The van der Waals surface area contributed by atoms with Gasteiger partial charge in [-0.1, -0.05) is 23.2 Å². The van der Waals surface area contributed by atoms with Gasteiger partial charge >= 0.3 is 0 Å². The highest BCUT2D eigenvalue weighted by Gasteiger charge is 2.24. The van der Waals surface area contributed by atoms with Crippen LogP contribution >= 0.6 is 23.2 Å². The second-order valence-corrected chi connectivity index (χ2v) is 5.70. The van der Waals surface area contributed by atoms with E-state index in [1.54, 1.807) is 0 Å². The maximum Gasteiger partial charge on any atom is 0.0452 e. The summed E-state index contributed by atoms with van der Waals surface area (Å²) in [6.45, 7) is 4.57. The molecule has 1 aliphatic rings. The number of benzene rings is 1. The molecule has 0 saturated carbocycles. The second-order valence-electron chi connectivity index (χ2n) is 4.86. The molecule has 0 aliphatic carbocycles. The largest absolute Gasteiger partial charge is 0.329 e. The van der Waals surface area contributed by atoms with Crippen molar-refractivity contribution in [3.05, 3.63) is 33.8 Å². The van der Waals surface area contributed by atoms with Gasteiger partial charge in [0.25, 0.3) is 0 Å². The number of hydrogen-bond donors (Lipinski definition) is 1. The zero-order valence-corrected chi connectivity index (χ0v) is 12.1. The van der Waals surface area contributed by atoms with Crippen LogP contribution in [0.4, 0.5) is 0 Å². The van der Waals surface area contributed by atoms with Gasteiger partial charge in [0, 0.05) is 48.8 Å². The Kier molecular flexibility index (Phi) is 4.87. The summed E-state index contributed by atoms with van der Waals surface area (Å²) in [4.78, 5) is 4.70. The van der Waals surface area contributed by atoms with Gasteiger partial charge in [-0.2, -0.15) is 0 Å². The molecule has 1 aromatic rings. The number of nitrogens with two attached hydrogens (primary N) is 1. The van der Waals surface area contributed by atoms with Crippen LogP contribution in [-0.4, -0.2) is 49.1 Å². The molecule has 1 fully saturated rings. The Morgan fingerprint density at radius 2 is 2.11 bits per heavy atom. The summed E-state index contributed by atoms with van der Waals surface area (Å²) >= 11 is 12.2. The summed E-state index contributed by atoms with van der Waals surface area (Å²) < 4.78 is 0. The summed E-state index contributed by atoms with van der Waals surface area (Å²) in [7, 11) is 2.13. The van der Waals surface area contributed by atoms with Crippen LogP contribution in [0.15, 0.2) is 18.2 Å². The van der Waals surface area contributed by atoms with Crippen LogP contribution in [0.1, 0.15) is 5.56 Å². The van der Waals surface area contributed by atoms with Crippen LogP contribution in [0, 0.1) is 0 Å². The number of hydrogen-bond acceptors (Lipinski definition) is 3. The van der Waals surface area contributed by atoms with E-state index in [1.165, 1.54) is 0 Å². The average Bonchev–Trinajstić information content (AvgIpc) is 2.36. The topological polar surface area (TPSA) is 32.5 Å². The Morgan fingerprint density at radius 3 is 2.83 bits per heavy atom. The Labute approximate surface area is 118 Å². The summed E-state index contributed by atoms with van der Waals surface area (Å²) in [6.07, 6.45) is 0. The third-order valence-corrected chi connectivity index (χ3v) is 4.06. The molecule has 0 bridgehead atoms. The van der Waals surface area contributed by atoms with Crippen molar-refractivity contribution in [2.45, 2.75) is 12.6 Å². The first kappa shape index (κ1) is 14.1. The quantitative estimate of drug-likeness (QED) is 0.924. The van der Waals surface area contributed by atoms with Crippen molar-refractivity contribution >= 4 is 23.2 Å². The van der Waals surface area contributed by atoms with Crippen LogP contribution in [0.25, 0.3) is 0 Å². The van der Waals surface area contributed by atoms with Crippen LogP contribution < -0.4 is 5.73 Å². The summed E-state index contributed by atoms with van der Waals surface area (Å²) in [5, 5.41) is 1.50. The van der Waals surface area contributed by atoms with Crippen molar-refractivity contribution in [3.8, 4) is 0 Å². The van der Waals surface area contributed by atoms with Crippen molar-refractivity contribution in [1.82, 2.24) is 9.80 Å². The van der Waals surface area contributed by atoms with Crippen molar-refractivity contribution in [2.75, 3.05) is 33.2 Å². The third kappa shape index (κ3) is 3.37. The number of piperazine rings is 1. The van der Waals surface area contributed by atoms with Gasteiger partial charge in [-0.15, -0.1) is 0 Å². The molecule has 1 saturated heterocycles. The number of halogens is 2. The predicted octanol–water partition coefficient (Wildman–Crippen LogP) is 2.07. The number of nitrogens with zero attached hydrogens (tertiary/aromatic N) is 2. The van der Waals surface area contributed by atoms with Crippen molar-refractivity contribution in [1.29, 1.82) is 0 Å². The van der Waals surface area contributed by atoms with Gasteiger partial charge in [-0.25, -0.2) is 0 Å². The van der Waals surface area contributed by atoms with E-state index in [0.717, 1.165) is 41.8 Å². The molecule has 1 aromatic carbocycles. The van der Waals surface area contributed by atoms with Gasteiger partial charge in [0.05, 0.1) is 0 Å². The predicted molar refractivity (Wildman–Crippen MR) is 77.2 cm³/mol. The highest BCUT2D eigenvalue weighted by atomic mass is 35.5. The van der Waals surface area contributed by atoms with Crippen LogP contribution in [-0.2, 0) is 6.54 Å². The lowest BCUT2D eigenvalue weighted by Gasteiger charge is -2.39. The minimum absolute atomic E-state index is 0.388. The molecule has 3 nitrogen and oxygen atoms in total. The van der Waals surface area contributed by atoms with E-state index < -0.39 is 0 Å². The summed E-state index contributed by atoms with van der Waals surface area (Å²) in [5.41, 5.74) is 6.93. The SMILES string of the molecule is CN1CCN(Cc2cc(Cl)ccc2Cl)C(CN)C1. The molecule has 100 valence electrons. The van der Waals surface area contributed by atoms with Crippen molar-refractivity contribution in [3.63, 3.8) is 0 Å². The Morgan fingerprint density at radius 1 is 1.33 bits per heavy atom. The maximum atomic E-state index is 6.21. The van der Waals surface area contributed by atoms with Crippen molar-refractivity contribution < 1.29 is 0 Å². The summed E-state index contributed by atoms with van der Waals surface area (Å²) in [6, 6.07) is 6.00. The van der Waals surface area contributed by atoms with Crippen LogP contribution in [0.3, 0.4) is 0 Å². The van der Waals surface area contributed by atoms with Gasteiger partial charge in [0.2, 0.25) is 0 Å². The fourth-order valence-corrected chi connectivity index (χ4v) is 2.74. The molecule has 1 unspecified atom stereocenters. The molecule has 1 atom stereocenters. The van der Waals surface area contributed by atoms with Gasteiger partial charge in [0.15, 0.2) is 0 Å². The molecule has 5 heteroatoms. The molecular formula is C13H19Cl2N3. The maximum absolute atomic E-state index is 6.21. The van der Waals surface area contributed by atoms with E-state index in [9.17, 15) is 0 Å². The zero-order chi connectivity index (χ0) is 13.1. The first-order valence-corrected chi connectivity index (χ1v) is 6.92. The highest BCUT2D eigenvalue weighted by molar-refractivity contribution is 6.33. The van der Waals surface area contributed by atoms with E-state index in [1.807, 2.05) is 18.2 Å². The van der Waals surface area contributed by atoms with E-state index in [-0.39, 0.29) is 0 Å². The lowest BCUT2D eigenvalue weighted by Crippen LogP contribution is -2.54. The van der Waals surface area contributed by atoms with Gasteiger partial charge in [-0.3, -0.25) is 4.90 Å². The number of likely N-dealkylation sites (N-methyl/N-ethyl adjacent to an activating group) is 1. The van der Waals surface area contributed by atoms with Gasteiger partial charge < -0.3 is 10.6 Å². The minimum atomic E-state index is 0.388. The van der Waals surface area contributed by atoms with Crippen LogP contribution in [0.5, 0.6) is 0 Å². The molecule has 1 heterocycles. The standard InChI is InChI=1S/C13H19Cl2N3/c1-17-4-5-18(12(7-16)9-17)8-10-6-11(14)2-3-13(10)15/h2-3,6,12H,4-5,7-9,16H2,1H3. The van der Waals surface area contributed by atoms with Crippen molar-refractivity contribution in [2.24, 2.45) is 5.73 Å². The van der Waals surface area contributed by atoms with Gasteiger partial charge in [-0.05, 0) is 30.8 Å². The summed E-state index contributed by atoms with van der Waals surface area (Å²) in [5.74, 6) is 0. The van der Waals surface area contributed by atoms with E-state index >= 15 is 0 Å².